The van der Waals surface area contributed by atoms with Crippen molar-refractivity contribution in [2.45, 2.75) is 0 Å². The van der Waals surface area contributed by atoms with Crippen LogP contribution in [0.3, 0.4) is 0 Å². The van der Waals surface area contributed by atoms with Crippen LogP contribution in [0.1, 0.15) is 41.4 Å². The second-order valence-electron chi connectivity index (χ2n) is 7.37. The molecule has 0 aliphatic carbocycles. The predicted molar refractivity (Wildman–Crippen MR) is 113 cm³/mol. The first-order valence-corrected chi connectivity index (χ1v) is 9.78. The summed E-state index contributed by atoms with van der Waals surface area (Å²) in [6.07, 6.45) is 0. The molecule has 30 heavy (non-hydrogen) atoms. The van der Waals surface area contributed by atoms with Crippen molar-refractivity contribution in [3.63, 3.8) is 0 Å². The van der Waals surface area contributed by atoms with Gasteiger partial charge < -0.3 is 4.90 Å². The van der Waals surface area contributed by atoms with Crippen LogP contribution in [0.5, 0.6) is 0 Å². The molecule has 2 aromatic rings. The monoisotopic (exact) mass is 422 g/mol. The van der Waals surface area contributed by atoms with E-state index in [4.69, 9.17) is 0 Å². The number of isothiocyanates is 1. The summed E-state index contributed by atoms with van der Waals surface area (Å²) in [6.45, 7) is 1.01. The molecule has 0 saturated heterocycles. The average Bonchev–Trinajstić information content (AvgIpc) is 2.72. The highest BCUT2D eigenvalue weighted by Gasteiger charge is 2.39. The first-order valence-electron chi connectivity index (χ1n) is 9.37. The molecule has 0 unspecified atom stereocenters. The standard InChI is InChI=1S/C21H18N4O4S/c1-23(2)9-10-25-20(28)14-5-3-12-16-13(4-6-15(17(14)16)21(25)29)19(27)24(18(12)26)8-7-22-11-30/h3-6H,7-10H2,1-2H3. The summed E-state index contributed by atoms with van der Waals surface area (Å²) >= 11 is 4.53. The lowest BCUT2D eigenvalue weighted by atomic mass is 9.86. The zero-order valence-electron chi connectivity index (χ0n) is 16.5. The molecule has 0 aromatic heterocycles. The number of thiocarbonyl (C=S) groups is 1. The number of hydrogen-bond acceptors (Lipinski definition) is 7. The highest BCUT2D eigenvalue weighted by molar-refractivity contribution is 7.78. The van der Waals surface area contributed by atoms with Gasteiger partial charge in [0.2, 0.25) is 0 Å². The van der Waals surface area contributed by atoms with Gasteiger partial charge in [-0.05, 0) is 50.6 Å². The van der Waals surface area contributed by atoms with Gasteiger partial charge in [-0.15, -0.1) is 0 Å². The molecular formula is C21H18N4O4S. The number of carbonyl (C=O) groups is 4. The number of aliphatic imine (C=N–C) groups is 1. The molecule has 9 heteroatoms. The van der Waals surface area contributed by atoms with Crippen LogP contribution >= 0.6 is 12.2 Å². The number of benzene rings is 2. The van der Waals surface area contributed by atoms with E-state index in [9.17, 15) is 19.2 Å². The van der Waals surface area contributed by atoms with E-state index in [0.29, 0.717) is 39.6 Å². The van der Waals surface area contributed by atoms with Crippen molar-refractivity contribution in [3.05, 3.63) is 46.5 Å². The molecule has 0 fully saturated rings. The van der Waals surface area contributed by atoms with Gasteiger partial charge in [0, 0.05) is 52.7 Å². The first kappa shape index (κ1) is 20.0. The molecule has 0 atom stereocenters. The topological polar surface area (TPSA) is 90.4 Å². The fraction of sp³-hybridized carbons (Fsp3) is 0.286. The molecule has 4 rings (SSSR count). The Labute approximate surface area is 177 Å². The van der Waals surface area contributed by atoms with Crippen LogP contribution < -0.4 is 0 Å². The number of likely N-dealkylation sites (N-methyl/N-ethyl adjacent to an activating group) is 1. The van der Waals surface area contributed by atoms with E-state index in [1.54, 1.807) is 24.3 Å². The van der Waals surface area contributed by atoms with E-state index in [1.807, 2.05) is 19.0 Å². The Morgan fingerprint density at radius 2 is 1.20 bits per heavy atom. The average molecular weight is 422 g/mol. The molecule has 4 amide bonds. The number of rotatable bonds is 6. The highest BCUT2D eigenvalue weighted by Crippen LogP contribution is 2.37. The van der Waals surface area contributed by atoms with Gasteiger partial charge in [-0.25, -0.2) is 4.99 Å². The third-order valence-electron chi connectivity index (χ3n) is 5.33. The number of carbonyl (C=O) groups excluding carboxylic acids is 4. The van der Waals surface area contributed by atoms with E-state index in [1.165, 1.54) is 4.90 Å². The molecule has 0 radical (unpaired) electrons. The minimum absolute atomic E-state index is 0.0713. The maximum atomic E-state index is 13.0. The van der Waals surface area contributed by atoms with Gasteiger partial charge in [0.25, 0.3) is 23.6 Å². The molecule has 152 valence electrons. The van der Waals surface area contributed by atoms with Gasteiger partial charge >= 0.3 is 0 Å². The van der Waals surface area contributed by atoms with Gasteiger partial charge in [0.05, 0.1) is 11.7 Å². The fourth-order valence-corrected chi connectivity index (χ4v) is 3.97. The van der Waals surface area contributed by atoms with E-state index in [-0.39, 0.29) is 19.6 Å². The van der Waals surface area contributed by atoms with Crippen LogP contribution in [0, 0.1) is 0 Å². The molecule has 2 heterocycles. The van der Waals surface area contributed by atoms with Crippen molar-refractivity contribution in [1.29, 1.82) is 0 Å². The van der Waals surface area contributed by atoms with Crippen LogP contribution in [-0.2, 0) is 0 Å². The summed E-state index contributed by atoms with van der Waals surface area (Å²) in [4.78, 5) is 60.0. The zero-order valence-corrected chi connectivity index (χ0v) is 17.3. The summed E-state index contributed by atoms with van der Waals surface area (Å²) in [5.74, 6) is -1.80. The summed E-state index contributed by atoms with van der Waals surface area (Å²) in [5.41, 5.74) is 1.23. The lowest BCUT2D eigenvalue weighted by Crippen LogP contribution is -2.45. The Balaban J connectivity index is 1.85. The normalized spacial score (nSPS) is 15.3. The Morgan fingerprint density at radius 1 is 0.800 bits per heavy atom. The van der Waals surface area contributed by atoms with Crippen molar-refractivity contribution in [2.24, 2.45) is 4.99 Å². The Hall–Kier alpha value is -3.26. The third kappa shape index (κ3) is 2.95. The van der Waals surface area contributed by atoms with Gasteiger partial charge in [-0.2, -0.15) is 0 Å². The first-order chi connectivity index (χ1) is 14.4. The van der Waals surface area contributed by atoms with Crippen molar-refractivity contribution in [1.82, 2.24) is 14.7 Å². The van der Waals surface area contributed by atoms with E-state index >= 15 is 0 Å². The number of hydrogen-bond donors (Lipinski definition) is 0. The van der Waals surface area contributed by atoms with E-state index < -0.39 is 23.6 Å². The fourth-order valence-electron chi connectivity index (χ4n) is 3.88. The van der Waals surface area contributed by atoms with Crippen molar-refractivity contribution >= 4 is 51.8 Å². The predicted octanol–water partition coefficient (Wildman–Crippen LogP) is 1.70. The molecular weight excluding hydrogens is 404 g/mol. The summed E-state index contributed by atoms with van der Waals surface area (Å²) in [6, 6.07) is 6.22. The smallest absolute Gasteiger partial charge is 0.261 e. The van der Waals surface area contributed by atoms with Crippen molar-refractivity contribution < 1.29 is 19.2 Å². The SMILES string of the molecule is CN(C)CCN1C(=O)c2ccc3c4c(ccc(c24)C1=O)C(=O)N(CCN=C=S)C3=O. The Kier molecular flexibility index (Phi) is 5.03. The van der Waals surface area contributed by atoms with Crippen LogP contribution in [0.2, 0.25) is 0 Å². The summed E-state index contributed by atoms with van der Waals surface area (Å²) in [5, 5.41) is 2.95. The van der Waals surface area contributed by atoms with Crippen LogP contribution in [0.4, 0.5) is 0 Å². The molecule has 0 saturated carbocycles. The second-order valence-corrected chi connectivity index (χ2v) is 7.55. The number of nitrogens with zero attached hydrogens (tertiary/aromatic N) is 4. The number of amides is 4. The number of imide groups is 2. The maximum absolute atomic E-state index is 13.0. The molecule has 2 aliphatic rings. The maximum Gasteiger partial charge on any atom is 0.261 e. The minimum Gasteiger partial charge on any atom is -0.308 e. The minimum atomic E-state index is -0.481. The van der Waals surface area contributed by atoms with Gasteiger partial charge in [0.1, 0.15) is 0 Å². The molecule has 2 aliphatic heterocycles. The quantitative estimate of drug-likeness (QED) is 0.400. The zero-order chi connectivity index (χ0) is 21.6. The Bertz CT molecular complexity index is 1110. The second kappa shape index (κ2) is 7.53. The molecule has 0 bridgehead atoms. The van der Waals surface area contributed by atoms with Crippen LogP contribution in [0.15, 0.2) is 29.3 Å². The molecule has 0 N–H and O–H groups in total. The molecule has 0 spiro atoms. The van der Waals surface area contributed by atoms with E-state index in [0.717, 1.165) is 4.90 Å². The van der Waals surface area contributed by atoms with Crippen LogP contribution in [-0.4, -0.2) is 83.8 Å². The molecule has 2 aromatic carbocycles. The van der Waals surface area contributed by atoms with E-state index in [2.05, 4.69) is 22.4 Å². The largest absolute Gasteiger partial charge is 0.308 e. The third-order valence-corrected chi connectivity index (χ3v) is 5.46. The van der Waals surface area contributed by atoms with Crippen molar-refractivity contribution in [2.75, 3.05) is 40.3 Å². The summed E-state index contributed by atoms with van der Waals surface area (Å²) in [7, 11) is 3.72. The van der Waals surface area contributed by atoms with Crippen molar-refractivity contribution in [3.8, 4) is 0 Å². The Morgan fingerprint density at radius 3 is 1.57 bits per heavy atom. The summed E-state index contributed by atoms with van der Waals surface area (Å²) < 4.78 is 0. The molecule has 8 nitrogen and oxygen atoms in total. The van der Waals surface area contributed by atoms with Gasteiger partial charge in [0.15, 0.2) is 0 Å². The van der Waals surface area contributed by atoms with Gasteiger partial charge in [-0.1, -0.05) is 0 Å². The highest BCUT2D eigenvalue weighted by atomic mass is 32.1. The van der Waals surface area contributed by atoms with Gasteiger partial charge in [-0.3, -0.25) is 29.0 Å². The lowest BCUT2D eigenvalue weighted by molar-refractivity contribution is 0.0585. The van der Waals surface area contributed by atoms with Crippen LogP contribution in [0.25, 0.3) is 10.8 Å². The lowest BCUT2D eigenvalue weighted by Gasteiger charge is -2.32.